The average molecular weight is 343 g/mol. The first-order chi connectivity index (χ1) is 11.9. The highest BCUT2D eigenvalue weighted by Gasteiger charge is 2.13. The number of halogens is 1. The van der Waals surface area contributed by atoms with Crippen LogP contribution in [0, 0.1) is 12.7 Å². The van der Waals surface area contributed by atoms with Gasteiger partial charge in [0.15, 0.2) is 0 Å². The van der Waals surface area contributed by atoms with Crippen molar-refractivity contribution in [2.75, 3.05) is 18.0 Å². The van der Waals surface area contributed by atoms with Gasteiger partial charge in [-0.3, -0.25) is 9.59 Å². The summed E-state index contributed by atoms with van der Waals surface area (Å²) in [6.07, 6.45) is 0.114. The fourth-order valence-electron chi connectivity index (χ4n) is 2.33. The fourth-order valence-corrected chi connectivity index (χ4v) is 2.33. The highest BCUT2D eigenvalue weighted by molar-refractivity contribution is 5.82. The minimum Gasteiger partial charge on any atom is -0.370 e. The number of hydrogen-bond acceptors (Lipinski definition) is 3. The highest BCUT2D eigenvalue weighted by atomic mass is 19.1. The maximum absolute atomic E-state index is 13.1. The van der Waals surface area contributed by atoms with Gasteiger partial charge in [-0.25, -0.2) is 4.39 Å². The van der Waals surface area contributed by atoms with E-state index >= 15 is 0 Å². The molecule has 6 heteroatoms. The lowest BCUT2D eigenvalue weighted by Crippen LogP contribution is -2.38. The molecule has 0 saturated carbocycles. The van der Waals surface area contributed by atoms with E-state index in [4.69, 9.17) is 5.73 Å². The Labute approximate surface area is 146 Å². The van der Waals surface area contributed by atoms with Crippen LogP contribution < -0.4 is 16.0 Å². The third kappa shape index (κ3) is 6.25. The van der Waals surface area contributed by atoms with Crippen LogP contribution in [0.3, 0.4) is 0 Å². The molecule has 25 heavy (non-hydrogen) atoms. The molecule has 2 rings (SSSR count). The molecule has 0 aliphatic heterocycles. The Morgan fingerprint density at radius 1 is 1.08 bits per heavy atom. The Bertz CT molecular complexity index is 714. The van der Waals surface area contributed by atoms with Crippen molar-refractivity contribution in [1.29, 1.82) is 0 Å². The Morgan fingerprint density at radius 2 is 1.72 bits per heavy atom. The molecule has 0 spiro atoms. The minimum atomic E-state index is -0.452. The number of nitrogens with zero attached hydrogens (tertiary/aromatic N) is 1. The van der Waals surface area contributed by atoms with Crippen LogP contribution in [0.4, 0.5) is 10.1 Å². The van der Waals surface area contributed by atoms with E-state index in [1.165, 1.54) is 12.1 Å². The number of nitrogens with two attached hydrogens (primary N) is 1. The lowest BCUT2D eigenvalue weighted by Gasteiger charge is -2.23. The van der Waals surface area contributed by atoms with Crippen LogP contribution in [0.2, 0.25) is 0 Å². The molecule has 2 aromatic rings. The second kappa shape index (κ2) is 8.82. The van der Waals surface area contributed by atoms with E-state index in [9.17, 15) is 14.0 Å². The Hall–Kier alpha value is -2.89. The quantitative estimate of drug-likeness (QED) is 0.771. The predicted octanol–water partition coefficient (Wildman–Crippen LogP) is 2.13. The van der Waals surface area contributed by atoms with E-state index in [0.29, 0.717) is 18.8 Å². The summed E-state index contributed by atoms with van der Waals surface area (Å²) < 4.78 is 13.1. The number of nitrogens with one attached hydrogen (secondary N) is 1. The zero-order chi connectivity index (χ0) is 18.2. The number of carbonyl (C=O) groups is 2. The summed E-state index contributed by atoms with van der Waals surface area (Å²) in [5, 5.41) is 2.85. The van der Waals surface area contributed by atoms with Crippen LogP contribution in [-0.2, 0) is 16.1 Å². The standard InChI is InChI=1S/C19H22FN3O2/c1-14-2-4-15(5-3-14)12-22-19(25)13-23(11-10-18(21)24)17-8-6-16(20)7-9-17/h2-9H,10-13H2,1H3,(H2,21,24)(H,22,25). The maximum atomic E-state index is 13.1. The smallest absolute Gasteiger partial charge is 0.239 e. The normalized spacial score (nSPS) is 10.3. The number of primary amides is 1. The molecule has 0 aliphatic carbocycles. The molecule has 2 aromatic carbocycles. The van der Waals surface area contributed by atoms with Gasteiger partial charge in [-0.15, -0.1) is 0 Å². The zero-order valence-corrected chi connectivity index (χ0v) is 14.2. The van der Waals surface area contributed by atoms with E-state index in [1.807, 2.05) is 31.2 Å². The largest absolute Gasteiger partial charge is 0.370 e. The first kappa shape index (κ1) is 18.4. The van der Waals surface area contributed by atoms with Gasteiger partial charge >= 0.3 is 0 Å². The number of rotatable bonds is 8. The van der Waals surface area contributed by atoms with Crippen molar-refractivity contribution in [2.45, 2.75) is 19.9 Å². The van der Waals surface area contributed by atoms with Crippen LogP contribution in [0.25, 0.3) is 0 Å². The second-order valence-electron chi connectivity index (χ2n) is 5.88. The molecule has 3 N–H and O–H groups in total. The fraction of sp³-hybridized carbons (Fsp3) is 0.263. The monoisotopic (exact) mass is 343 g/mol. The van der Waals surface area contributed by atoms with Gasteiger partial charge in [-0.2, -0.15) is 0 Å². The van der Waals surface area contributed by atoms with Gasteiger partial charge in [0.25, 0.3) is 0 Å². The van der Waals surface area contributed by atoms with Crippen LogP contribution in [-0.4, -0.2) is 24.9 Å². The average Bonchev–Trinajstić information content (AvgIpc) is 2.59. The molecule has 0 heterocycles. The molecule has 0 aromatic heterocycles. The summed E-state index contributed by atoms with van der Waals surface area (Å²) in [6, 6.07) is 13.7. The summed E-state index contributed by atoms with van der Waals surface area (Å²) in [7, 11) is 0. The van der Waals surface area contributed by atoms with Crippen LogP contribution in [0.5, 0.6) is 0 Å². The van der Waals surface area contributed by atoms with Crippen molar-refractivity contribution in [3.05, 3.63) is 65.5 Å². The molecule has 0 atom stereocenters. The maximum Gasteiger partial charge on any atom is 0.239 e. The van der Waals surface area contributed by atoms with Gasteiger partial charge in [-0.1, -0.05) is 29.8 Å². The highest BCUT2D eigenvalue weighted by Crippen LogP contribution is 2.15. The van der Waals surface area contributed by atoms with Crippen LogP contribution >= 0.6 is 0 Å². The number of anilines is 1. The number of amides is 2. The van der Waals surface area contributed by atoms with E-state index in [0.717, 1.165) is 11.1 Å². The Morgan fingerprint density at radius 3 is 2.32 bits per heavy atom. The van der Waals surface area contributed by atoms with E-state index in [2.05, 4.69) is 5.32 Å². The van der Waals surface area contributed by atoms with Crippen molar-refractivity contribution in [2.24, 2.45) is 5.73 Å². The second-order valence-corrected chi connectivity index (χ2v) is 5.88. The molecular weight excluding hydrogens is 321 g/mol. The number of benzene rings is 2. The van der Waals surface area contributed by atoms with Gasteiger partial charge < -0.3 is 16.0 Å². The molecule has 0 unspecified atom stereocenters. The summed E-state index contributed by atoms with van der Waals surface area (Å²) in [5.41, 5.74) is 8.02. The van der Waals surface area contributed by atoms with Gasteiger partial charge in [0, 0.05) is 25.2 Å². The Kier molecular flexibility index (Phi) is 6.51. The number of hydrogen-bond donors (Lipinski definition) is 2. The lowest BCUT2D eigenvalue weighted by atomic mass is 10.1. The third-order valence-electron chi connectivity index (χ3n) is 3.76. The number of aryl methyl sites for hydroxylation is 1. The molecule has 0 saturated heterocycles. The lowest BCUT2D eigenvalue weighted by molar-refractivity contribution is -0.120. The van der Waals surface area contributed by atoms with Crippen molar-refractivity contribution in [1.82, 2.24) is 5.32 Å². The van der Waals surface area contributed by atoms with Gasteiger partial charge in [-0.05, 0) is 36.8 Å². The number of carbonyl (C=O) groups excluding carboxylic acids is 2. The van der Waals surface area contributed by atoms with E-state index < -0.39 is 5.91 Å². The van der Waals surface area contributed by atoms with Gasteiger partial charge in [0.1, 0.15) is 5.82 Å². The van der Waals surface area contributed by atoms with E-state index in [-0.39, 0.29) is 24.7 Å². The molecule has 2 amide bonds. The Balaban J connectivity index is 1.96. The van der Waals surface area contributed by atoms with Crippen LogP contribution in [0.15, 0.2) is 48.5 Å². The zero-order valence-electron chi connectivity index (χ0n) is 14.2. The summed E-state index contributed by atoms with van der Waals surface area (Å²) in [6.45, 7) is 2.78. The molecule has 0 fully saturated rings. The van der Waals surface area contributed by atoms with Crippen molar-refractivity contribution in [3.63, 3.8) is 0 Å². The summed E-state index contributed by atoms with van der Waals surface area (Å²) in [5.74, 6) is -0.996. The molecule has 5 nitrogen and oxygen atoms in total. The topological polar surface area (TPSA) is 75.4 Å². The SMILES string of the molecule is Cc1ccc(CNC(=O)CN(CCC(N)=O)c2ccc(F)cc2)cc1. The van der Waals surface area contributed by atoms with Crippen molar-refractivity contribution >= 4 is 17.5 Å². The molecule has 0 radical (unpaired) electrons. The van der Waals surface area contributed by atoms with Gasteiger partial charge in [0.05, 0.1) is 6.54 Å². The van der Waals surface area contributed by atoms with Crippen molar-refractivity contribution < 1.29 is 14.0 Å². The molecule has 0 aliphatic rings. The summed E-state index contributed by atoms with van der Waals surface area (Å²) in [4.78, 5) is 25.0. The first-order valence-electron chi connectivity index (χ1n) is 8.05. The van der Waals surface area contributed by atoms with Gasteiger partial charge in [0.2, 0.25) is 11.8 Å². The van der Waals surface area contributed by atoms with Crippen molar-refractivity contribution in [3.8, 4) is 0 Å². The molecule has 0 bridgehead atoms. The minimum absolute atomic E-state index is 0.0603. The first-order valence-corrected chi connectivity index (χ1v) is 8.05. The van der Waals surface area contributed by atoms with E-state index in [1.54, 1.807) is 17.0 Å². The summed E-state index contributed by atoms with van der Waals surface area (Å²) >= 11 is 0. The third-order valence-corrected chi connectivity index (χ3v) is 3.76. The predicted molar refractivity (Wildman–Crippen MR) is 95.5 cm³/mol. The molecule has 132 valence electrons. The van der Waals surface area contributed by atoms with Crippen LogP contribution in [0.1, 0.15) is 17.5 Å². The molecular formula is C19H22FN3O2.